The quantitative estimate of drug-likeness (QED) is 0.864. The molecule has 1 aliphatic heterocycles. The lowest BCUT2D eigenvalue weighted by Gasteiger charge is -2.21. The molecular formula is C14H16N2O2S. The second kappa shape index (κ2) is 5.17. The van der Waals surface area contributed by atoms with Crippen molar-refractivity contribution in [2.45, 2.75) is 32.2 Å². The van der Waals surface area contributed by atoms with Crippen LogP contribution >= 0.6 is 11.3 Å². The van der Waals surface area contributed by atoms with Crippen LogP contribution in [-0.4, -0.2) is 22.5 Å². The molecular weight excluding hydrogens is 260 g/mol. The molecule has 0 spiro atoms. The third kappa shape index (κ3) is 2.30. The molecule has 5 heteroatoms. The van der Waals surface area contributed by atoms with Crippen LogP contribution in [0.3, 0.4) is 0 Å². The number of carbonyl (C=O) groups excluding carboxylic acids is 1. The molecule has 0 aromatic carbocycles. The summed E-state index contributed by atoms with van der Waals surface area (Å²) in [6.45, 7) is 2.84. The van der Waals surface area contributed by atoms with Crippen LogP contribution in [0.15, 0.2) is 28.1 Å². The van der Waals surface area contributed by atoms with E-state index in [4.69, 9.17) is 4.52 Å². The largest absolute Gasteiger partial charge is 0.359 e. The van der Waals surface area contributed by atoms with Gasteiger partial charge >= 0.3 is 0 Å². The Bertz CT molecular complexity index is 562. The number of nitrogens with zero attached hydrogens (tertiary/aromatic N) is 2. The van der Waals surface area contributed by atoms with Crippen molar-refractivity contribution in [3.63, 3.8) is 0 Å². The Morgan fingerprint density at radius 1 is 1.63 bits per heavy atom. The average Bonchev–Trinajstić information content (AvgIpc) is 3.16. The number of hydrogen-bond donors (Lipinski definition) is 0. The first-order valence-electron chi connectivity index (χ1n) is 6.59. The number of amides is 1. The Morgan fingerprint density at radius 3 is 3.21 bits per heavy atom. The molecule has 0 bridgehead atoms. The van der Waals surface area contributed by atoms with E-state index >= 15 is 0 Å². The summed E-state index contributed by atoms with van der Waals surface area (Å²) in [5, 5.41) is 5.96. The summed E-state index contributed by atoms with van der Waals surface area (Å²) in [5.74, 6) is 0.922. The summed E-state index contributed by atoms with van der Waals surface area (Å²) in [6.07, 6.45) is 2.83. The van der Waals surface area contributed by atoms with Gasteiger partial charge in [-0.2, -0.15) is 0 Å². The third-order valence-corrected chi connectivity index (χ3v) is 4.37. The topological polar surface area (TPSA) is 46.3 Å². The highest BCUT2D eigenvalue weighted by atomic mass is 32.1. The summed E-state index contributed by atoms with van der Waals surface area (Å²) in [7, 11) is 0. The summed E-state index contributed by atoms with van der Waals surface area (Å²) in [5.41, 5.74) is 0.949. The van der Waals surface area contributed by atoms with Gasteiger partial charge in [0, 0.05) is 12.6 Å². The summed E-state index contributed by atoms with van der Waals surface area (Å²) >= 11 is 1.49. The number of aryl methyl sites for hydroxylation is 1. The van der Waals surface area contributed by atoms with Gasteiger partial charge in [0.15, 0.2) is 5.76 Å². The predicted molar refractivity (Wildman–Crippen MR) is 73.2 cm³/mol. The molecule has 0 N–H and O–H groups in total. The second-order valence-electron chi connectivity index (χ2n) is 4.71. The molecule has 0 saturated carbocycles. The highest BCUT2D eigenvalue weighted by Gasteiger charge is 2.33. The van der Waals surface area contributed by atoms with Crippen molar-refractivity contribution in [1.29, 1.82) is 0 Å². The lowest BCUT2D eigenvalue weighted by molar-refractivity contribution is 0.0719. The van der Waals surface area contributed by atoms with Gasteiger partial charge < -0.3 is 9.42 Å². The summed E-state index contributed by atoms with van der Waals surface area (Å²) < 4.78 is 5.40. The SMILES string of the molecule is CCc1cc(C2CCCN2C(=O)c2cccs2)on1. The van der Waals surface area contributed by atoms with E-state index < -0.39 is 0 Å². The molecule has 0 aliphatic carbocycles. The zero-order valence-corrected chi connectivity index (χ0v) is 11.7. The van der Waals surface area contributed by atoms with Crippen LogP contribution in [0.5, 0.6) is 0 Å². The van der Waals surface area contributed by atoms with Gasteiger partial charge in [0.2, 0.25) is 0 Å². The monoisotopic (exact) mass is 276 g/mol. The van der Waals surface area contributed by atoms with E-state index in [0.29, 0.717) is 0 Å². The smallest absolute Gasteiger partial charge is 0.264 e. The molecule has 2 aromatic heterocycles. The number of carbonyl (C=O) groups is 1. The summed E-state index contributed by atoms with van der Waals surface area (Å²) in [4.78, 5) is 15.1. The van der Waals surface area contributed by atoms with E-state index in [1.807, 2.05) is 35.4 Å². The fourth-order valence-electron chi connectivity index (χ4n) is 2.50. The van der Waals surface area contributed by atoms with E-state index in [9.17, 15) is 4.79 Å². The van der Waals surface area contributed by atoms with Gasteiger partial charge in [0.05, 0.1) is 16.6 Å². The number of rotatable bonds is 3. The lowest BCUT2D eigenvalue weighted by atomic mass is 10.1. The van der Waals surface area contributed by atoms with Gasteiger partial charge in [0.25, 0.3) is 5.91 Å². The first-order chi connectivity index (χ1) is 9.29. The van der Waals surface area contributed by atoms with E-state index in [0.717, 1.165) is 42.1 Å². The van der Waals surface area contributed by atoms with Crippen molar-refractivity contribution < 1.29 is 9.32 Å². The molecule has 1 amide bonds. The molecule has 1 aliphatic rings. The Morgan fingerprint density at radius 2 is 2.53 bits per heavy atom. The minimum absolute atomic E-state index is 0.0439. The van der Waals surface area contributed by atoms with Gasteiger partial charge in [-0.3, -0.25) is 4.79 Å². The maximum atomic E-state index is 12.4. The zero-order chi connectivity index (χ0) is 13.2. The van der Waals surface area contributed by atoms with Crippen molar-refractivity contribution in [2.24, 2.45) is 0 Å². The van der Waals surface area contributed by atoms with Crippen molar-refractivity contribution in [3.8, 4) is 0 Å². The number of aromatic nitrogens is 1. The lowest BCUT2D eigenvalue weighted by Crippen LogP contribution is -2.29. The molecule has 3 rings (SSSR count). The second-order valence-corrected chi connectivity index (χ2v) is 5.66. The van der Waals surface area contributed by atoms with Crippen molar-refractivity contribution in [3.05, 3.63) is 39.9 Å². The summed E-state index contributed by atoms with van der Waals surface area (Å²) in [6, 6.07) is 5.81. The van der Waals surface area contributed by atoms with Crippen LogP contribution in [0.4, 0.5) is 0 Å². The average molecular weight is 276 g/mol. The van der Waals surface area contributed by atoms with Crippen LogP contribution < -0.4 is 0 Å². The molecule has 3 heterocycles. The third-order valence-electron chi connectivity index (χ3n) is 3.51. The number of likely N-dealkylation sites (tertiary alicyclic amines) is 1. The van der Waals surface area contributed by atoms with E-state index in [-0.39, 0.29) is 11.9 Å². The van der Waals surface area contributed by atoms with Crippen molar-refractivity contribution in [2.75, 3.05) is 6.54 Å². The van der Waals surface area contributed by atoms with Crippen molar-refractivity contribution >= 4 is 17.2 Å². The van der Waals surface area contributed by atoms with E-state index in [2.05, 4.69) is 5.16 Å². The fraction of sp³-hybridized carbons (Fsp3) is 0.429. The van der Waals surface area contributed by atoms with Gasteiger partial charge in [-0.15, -0.1) is 11.3 Å². The first-order valence-corrected chi connectivity index (χ1v) is 7.47. The van der Waals surface area contributed by atoms with Gasteiger partial charge in [-0.05, 0) is 30.7 Å². The maximum absolute atomic E-state index is 12.4. The predicted octanol–water partition coefficient (Wildman–Crippen LogP) is 3.28. The molecule has 1 unspecified atom stereocenters. The normalized spacial score (nSPS) is 19.0. The molecule has 19 heavy (non-hydrogen) atoms. The van der Waals surface area contributed by atoms with Crippen LogP contribution in [-0.2, 0) is 6.42 Å². The molecule has 4 nitrogen and oxygen atoms in total. The van der Waals surface area contributed by atoms with E-state index in [1.165, 1.54) is 11.3 Å². The first kappa shape index (κ1) is 12.4. The number of hydrogen-bond acceptors (Lipinski definition) is 4. The molecule has 2 aromatic rings. The van der Waals surface area contributed by atoms with Crippen LogP contribution in [0.1, 0.15) is 46.9 Å². The highest BCUT2D eigenvalue weighted by Crippen LogP contribution is 2.34. The molecule has 1 atom stereocenters. The van der Waals surface area contributed by atoms with Crippen LogP contribution in [0.25, 0.3) is 0 Å². The minimum atomic E-state index is 0.0439. The molecule has 0 radical (unpaired) electrons. The maximum Gasteiger partial charge on any atom is 0.264 e. The van der Waals surface area contributed by atoms with Crippen molar-refractivity contribution in [1.82, 2.24) is 10.1 Å². The van der Waals surface area contributed by atoms with Gasteiger partial charge in [-0.1, -0.05) is 18.1 Å². The number of thiophene rings is 1. The van der Waals surface area contributed by atoms with Crippen LogP contribution in [0, 0.1) is 0 Å². The van der Waals surface area contributed by atoms with E-state index in [1.54, 1.807) is 0 Å². The fourth-order valence-corrected chi connectivity index (χ4v) is 3.18. The minimum Gasteiger partial charge on any atom is -0.359 e. The Balaban J connectivity index is 1.83. The van der Waals surface area contributed by atoms with Gasteiger partial charge in [-0.25, -0.2) is 0 Å². The Labute approximate surface area is 116 Å². The van der Waals surface area contributed by atoms with Crippen LogP contribution in [0.2, 0.25) is 0 Å². The molecule has 1 fully saturated rings. The Kier molecular flexibility index (Phi) is 3.38. The zero-order valence-electron chi connectivity index (χ0n) is 10.8. The highest BCUT2D eigenvalue weighted by molar-refractivity contribution is 7.12. The molecule has 1 saturated heterocycles. The standard InChI is InChI=1S/C14H16N2O2S/c1-2-10-9-12(18-15-10)11-5-3-7-16(11)14(17)13-6-4-8-19-13/h4,6,8-9,11H,2-3,5,7H2,1H3. The molecule has 100 valence electrons. The van der Waals surface area contributed by atoms with Gasteiger partial charge in [0.1, 0.15) is 0 Å². The Hall–Kier alpha value is -1.62.